The number of hydrogen-bond donors (Lipinski definition) is 1. The van der Waals surface area contributed by atoms with Gasteiger partial charge in [-0.2, -0.15) is 0 Å². The second-order valence-electron chi connectivity index (χ2n) is 4.99. The van der Waals surface area contributed by atoms with Gasteiger partial charge >= 0.3 is 12.1 Å². The number of carbonyl (C=O) groups is 2. The number of aromatic nitrogens is 3. The molecule has 2 rings (SSSR count). The van der Waals surface area contributed by atoms with Gasteiger partial charge in [-0.3, -0.25) is 0 Å². The average Bonchev–Trinajstić information content (AvgIpc) is 2.68. The molecule has 0 spiro atoms. The summed E-state index contributed by atoms with van der Waals surface area (Å²) in [6, 6.07) is 4.21. The van der Waals surface area contributed by atoms with Crippen LogP contribution in [-0.4, -0.2) is 37.8 Å². The summed E-state index contributed by atoms with van der Waals surface area (Å²) in [7, 11) is 0. The SMILES string of the molecule is CC(C)(C)OC(=O)n1nnc2cc(C(=O)O)ccc21. The minimum Gasteiger partial charge on any atom is -0.478 e. The van der Waals surface area contributed by atoms with Gasteiger partial charge in [0.2, 0.25) is 0 Å². The van der Waals surface area contributed by atoms with Gasteiger partial charge in [-0.05, 0) is 39.0 Å². The number of carboxylic acids is 1. The highest BCUT2D eigenvalue weighted by Crippen LogP contribution is 2.16. The Morgan fingerprint density at radius 3 is 2.58 bits per heavy atom. The quantitative estimate of drug-likeness (QED) is 0.844. The Hall–Kier alpha value is -2.44. The van der Waals surface area contributed by atoms with Crippen LogP contribution in [0, 0.1) is 0 Å². The molecule has 0 saturated carbocycles. The lowest BCUT2D eigenvalue weighted by Gasteiger charge is -2.18. The second-order valence-corrected chi connectivity index (χ2v) is 4.99. The predicted octanol–water partition coefficient (Wildman–Crippen LogP) is 1.91. The summed E-state index contributed by atoms with van der Waals surface area (Å²) in [5.74, 6) is -1.06. The molecule has 0 atom stereocenters. The molecule has 1 aromatic heterocycles. The van der Waals surface area contributed by atoms with Crippen molar-refractivity contribution in [2.75, 3.05) is 0 Å². The molecule has 0 saturated heterocycles. The zero-order valence-electron chi connectivity index (χ0n) is 10.7. The normalized spacial score (nSPS) is 11.5. The third kappa shape index (κ3) is 2.70. The smallest absolute Gasteiger partial charge is 0.437 e. The van der Waals surface area contributed by atoms with E-state index in [0.717, 1.165) is 4.68 Å². The molecule has 0 radical (unpaired) electrons. The van der Waals surface area contributed by atoms with Crippen LogP contribution < -0.4 is 0 Å². The zero-order valence-corrected chi connectivity index (χ0v) is 10.7. The van der Waals surface area contributed by atoms with Crippen LogP contribution in [0.25, 0.3) is 11.0 Å². The molecule has 1 heterocycles. The summed E-state index contributed by atoms with van der Waals surface area (Å²) in [5, 5.41) is 16.3. The molecule has 0 amide bonds. The topological polar surface area (TPSA) is 94.3 Å². The van der Waals surface area contributed by atoms with Crippen molar-refractivity contribution in [1.29, 1.82) is 0 Å². The summed E-state index contributed by atoms with van der Waals surface area (Å²) in [6.07, 6.45) is -0.655. The fourth-order valence-corrected chi connectivity index (χ4v) is 1.50. The van der Waals surface area contributed by atoms with E-state index < -0.39 is 17.7 Å². The van der Waals surface area contributed by atoms with E-state index in [9.17, 15) is 9.59 Å². The van der Waals surface area contributed by atoms with Crippen molar-refractivity contribution < 1.29 is 19.4 Å². The molecule has 0 aliphatic rings. The monoisotopic (exact) mass is 263 g/mol. The minimum absolute atomic E-state index is 0.0868. The fraction of sp³-hybridized carbons (Fsp3) is 0.333. The Balaban J connectivity index is 2.41. The zero-order chi connectivity index (χ0) is 14.2. The van der Waals surface area contributed by atoms with E-state index in [1.807, 2.05) is 0 Å². The molecule has 100 valence electrons. The molecule has 0 unspecified atom stereocenters. The average molecular weight is 263 g/mol. The van der Waals surface area contributed by atoms with Crippen LogP contribution in [0.3, 0.4) is 0 Å². The first-order valence-electron chi connectivity index (χ1n) is 5.60. The van der Waals surface area contributed by atoms with Crippen molar-refractivity contribution in [3.05, 3.63) is 23.8 Å². The van der Waals surface area contributed by atoms with Crippen LogP contribution >= 0.6 is 0 Å². The van der Waals surface area contributed by atoms with Gasteiger partial charge in [-0.1, -0.05) is 5.21 Å². The molecule has 2 aromatic rings. The summed E-state index contributed by atoms with van der Waals surface area (Å²) in [6.45, 7) is 5.23. The molecule has 7 nitrogen and oxygen atoms in total. The maximum atomic E-state index is 11.9. The van der Waals surface area contributed by atoms with Crippen molar-refractivity contribution >= 4 is 23.1 Å². The third-order valence-corrected chi connectivity index (χ3v) is 2.26. The van der Waals surface area contributed by atoms with Gasteiger partial charge in [-0.25, -0.2) is 9.59 Å². The first-order chi connectivity index (χ1) is 8.78. The van der Waals surface area contributed by atoms with Crippen molar-refractivity contribution in [2.45, 2.75) is 26.4 Å². The summed E-state index contributed by atoms with van der Waals surface area (Å²) in [4.78, 5) is 22.7. The predicted molar refractivity (Wildman–Crippen MR) is 66.1 cm³/mol. The van der Waals surface area contributed by atoms with Gasteiger partial charge in [0.05, 0.1) is 5.56 Å². The van der Waals surface area contributed by atoms with Gasteiger partial charge in [0.15, 0.2) is 0 Å². The molecule has 0 fully saturated rings. The molecule has 1 aromatic carbocycles. The van der Waals surface area contributed by atoms with Crippen LogP contribution in [0.2, 0.25) is 0 Å². The maximum Gasteiger partial charge on any atom is 0.437 e. The number of hydrogen-bond acceptors (Lipinski definition) is 5. The largest absolute Gasteiger partial charge is 0.478 e. The summed E-state index contributed by atoms with van der Waals surface area (Å²) in [5.41, 5.74) is 0.171. The highest BCUT2D eigenvalue weighted by Gasteiger charge is 2.21. The Bertz CT molecular complexity index is 655. The van der Waals surface area contributed by atoms with Gasteiger partial charge in [0.1, 0.15) is 16.6 Å². The van der Waals surface area contributed by atoms with Gasteiger partial charge in [0.25, 0.3) is 0 Å². The van der Waals surface area contributed by atoms with Crippen molar-refractivity contribution in [2.24, 2.45) is 0 Å². The van der Waals surface area contributed by atoms with Gasteiger partial charge in [-0.15, -0.1) is 9.78 Å². The molecule has 0 bridgehead atoms. The van der Waals surface area contributed by atoms with Crippen molar-refractivity contribution in [1.82, 2.24) is 15.0 Å². The summed E-state index contributed by atoms with van der Waals surface area (Å²) < 4.78 is 6.18. The van der Waals surface area contributed by atoms with E-state index in [2.05, 4.69) is 10.3 Å². The Morgan fingerprint density at radius 1 is 1.32 bits per heavy atom. The molecular weight excluding hydrogens is 250 g/mol. The number of benzene rings is 1. The number of carboxylic acid groups (broad SMARTS) is 1. The Labute approximate surface area is 108 Å². The number of ether oxygens (including phenoxy) is 1. The van der Waals surface area contributed by atoms with E-state index in [0.29, 0.717) is 11.0 Å². The minimum atomic E-state index is -1.06. The maximum absolute atomic E-state index is 11.9. The molecular formula is C12H13N3O4. The molecule has 0 aliphatic heterocycles. The van der Waals surface area contributed by atoms with Crippen LogP contribution in [0.5, 0.6) is 0 Å². The van der Waals surface area contributed by atoms with Gasteiger partial charge in [0, 0.05) is 0 Å². The third-order valence-electron chi connectivity index (χ3n) is 2.26. The molecule has 19 heavy (non-hydrogen) atoms. The number of aromatic carboxylic acids is 1. The van der Waals surface area contributed by atoms with Crippen molar-refractivity contribution in [3.63, 3.8) is 0 Å². The molecule has 0 aliphatic carbocycles. The van der Waals surface area contributed by atoms with E-state index in [-0.39, 0.29) is 5.56 Å². The van der Waals surface area contributed by atoms with Crippen LogP contribution in [0.1, 0.15) is 31.1 Å². The number of rotatable bonds is 1. The van der Waals surface area contributed by atoms with Crippen LogP contribution in [0.15, 0.2) is 18.2 Å². The van der Waals surface area contributed by atoms with E-state index in [1.54, 1.807) is 20.8 Å². The van der Waals surface area contributed by atoms with E-state index in [1.165, 1.54) is 18.2 Å². The second kappa shape index (κ2) is 4.34. The number of carbonyl (C=O) groups excluding carboxylic acids is 1. The standard InChI is InChI=1S/C12H13N3O4/c1-12(2,3)19-11(18)15-9-5-4-7(10(16)17)6-8(9)13-14-15/h4-6H,1-3H3,(H,16,17). The number of nitrogens with zero attached hydrogens (tertiary/aromatic N) is 3. The Morgan fingerprint density at radius 2 is 2.00 bits per heavy atom. The first-order valence-corrected chi connectivity index (χ1v) is 5.60. The molecule has 7 heteroatoms. The van der Waals surface area contributed by atoms with Crippen LogP contribution in [-0.2, 0) is 4.74 Å². The lowest BCUT2D eigenvalue weighted by Crippen LogP contribution is -2.27. The first kappa shape index (κ1) is 13.0. The Kier molecular flexibility index (Phi) is 2.97. The number of fused-ring (bicyclic) bond motifs is 1. The lowest BCUT2D eigenvalue weighted by molar-refractivity contribution is 0.0519. The van der Waals surface area contributed by atoms with Crippen LogP contribution in [0.4, 0.5) is 4.79 Å². The van der Waals surface area contributed by atoms with Crippen molar-refractivity contribution in [3.8, 4) is 0 Å². The van der Waals surface area contributed by atoms with Gasteiger partial charge < -0.3 is 9.84 Å². The summed E-state index contributed by atoms with van der Waals surface area (Å²) >= 11 is 0. The highest BCUT2D eigenvalue weighted by molar-refractivity contribution is 5.93. The van der Waals surface area contributed by atoms with E-state index in [4.69, 9.17) is 9.84 Å². The lowest BCUT2D eigenvalue weighted by atomic mass is 10.2. The van der Waals surface area contributed by atoms with E-state index >= 15 is 0 Å². The fourth-order valence-electron chi connectivity index (χ4n) is 1.50. The highest BCUT2D eigenvalue weighted by atomic mass is 16.6. The molecule has 1 N–H and O–H groups in total.